The molecule has 6 nitrogen and oxygen atoms in total. The smallest absolute Gasteiger partial charge is 0.308 e. The van der Waals surface area contributed by atoms with Crippen LogP contribution in [-0.4, -0.2) is 45.6 Å². The number of nitrogens with two attached hydrogens (primary N) is 1. The van der Waals surface area contributed by atoms with Gasteiger partial charge in [0.05, 0.1) is 12.0 Å². The first-order valence-electron chi connectivity index (χ1n) is 6.97. The lowest BCUT2D eigenvalue weighted by Gasteiger charge is -2.26. The van der Waals surface area contributed by atoms with E-state index in [4.69, 9.17) is 10.8 Å². The van der Waals surface area contributed by atoms with Crippen molar-refractivity contribution in [1.29, 1.82) is 0 Å². The second-order valence-electron chi connectivity index (χ2n) is 5.48. The highest BCUT2D eigenvalue weighted by Gasteiger charge is 2.39. The van der Waals surface area contributed by atoms with Crippen LogP contribution < -0.4 is 5.73 Å². The average Bonchev–Trinajstić information content (AvgIpc) is 2.82. The fourth-order valence-corrected chi connectivity index (χ4v) is 2.77. The molecule has 0 aliphatic carbocycles. The summed E-state index contributed by atoms with van der Waals surface area (Å²) in [6, 6.07) is 5.49. The number of aliphatic carboxylic acids is 1. The van der Waals surface area contributed by atoms with Gasteiger partial charge in [0, 0.05) is 12.6 Å². The van der Waals surface area contributed by atoms with E-state index in [1.807, 2.05) is 0 Å². The zero-order chi connectivity index (χ0) is 15.6. The monoisotopic (exact) mass is 292 g/mol. The second kappa shape index (κ2) is 6.13. The maximum atomic E-state index is 12.4. The summed E-state index contributed by atoms with van der Waals surface area (Å²) in [5.74, 6) is -1.45. The number of phenolic OH excluding ortho intramolecular Hbond substituents is 1. The van der Waals surface area contributed by atoms with Crippen molar-refractivity contribution in [2.75, 3.05) is 6.54 Å². The van der Waals surface area contributed by atoms with E-state index < -0.39 is 17.9 Å². The molecule has 114 valence electrons. The van der Waals surface area contributed by atoms with Crippen LogP contribution in [0.5, 0.6) is 5.75 Å². The van der Waals surface area contributed by atoms with Gasteiger partial charge >= 0.3 is 5.97 Å². The molecular weight excluding hydrogens is 272 g/mol. The standard InChI is InChI=1S/C15H20N2O4/c1-9-12(15(20)21)6-7-17(9)14(19)13(16)8-10-2-4-11(18)5-3-10/h2-5,9,12-13,18H,6-8,16H2,1H3,(H,20,21)/t9?,12?,13-/m1/s1. The molecule has 1 fully saturated rings. The number of carboxylic acids is 1. The molecule has 4 N–H and O–H groups in total. The van der Waals surface area contributed by atoms with Crippen molar-refractivity contribution in [3.8, 4) is 5.75 Å². The Morgan fingerprint density at radius 1 is 1.38 bits per heavy atom. The summed E-state index contributed by atoms with van der Waals surface area (Å²) in [6.45, 7) is 2.18. The molecule has 3 atom stereocenters. The summed E-state index contributed by atoms with van der Waals surface area (Å²) >= 11 is 0. The minimum absolute atomic E-state index is 0.163. The van der Waals surface area contributed by atoms with Crippen LogP contribution in [0.1, 0.15) is 18.9 Å². The fourth-order valence-electron chi connectivity index (χ4n) is 2.77. The van der Waals surface area contributed by atoms with Gasteiger partial charge in [0.2, 0.25) is 5.91 Å². The Morgan fingerprint density at radius 2 is 2.00 bits per heavy atom. The summed E-state index contributed by atoms with van der Waals surface area (Å²) in [6.07, 6.45) is 0.828. The minimum Gasteiger partial charge on any atom is -0.508 e. The summed E-state index contributed by atoms with van der Waals surface area (Å²) in [5.41, 5.74) is 6.81. The molecular formula is C15H20N2O4. The number of hydrogen-bond acceptors (Lipinski definition) is 4. The van der Waals surface area contributed by atoms with Crippen LogP contribution in [0.15, 0.2) is 24.3 Å². The molecule has 1 aromatic carbocycles. The van der Waals surface area contributed by atoms with Crippen molar-refractivity contribution < 1.29 is 19.8 Å². The molecule has 1 heterocycles. The van der Waals surface area contributed by atoms with Crippen LogP contribution >= 0.6 is 0 Å². The maximum Gasteiger partial charge on any atom is 0.308 e. The van der Waals surface area contributed by atoms with E-state index in [0.717, 1.165) is 5.56 Å². The number of amides is 1. The van der Waals surface area contributed by atoms with Gasteiger partial charge in [-0.05, 0) is 37.5 Å². The SMILES string of the molecule is CC1C(C(=O)O)CCN1C(=O)[C@H](N)Cc1ccc(O)cc1. The zero-order valence-electron chi connectivity index (χ0n) is 11.9. The van der Waals surface area contributed by atoms with Crippen molar-refractivity contribution in [2.45, 2.75) is 31.8 Å². The molecule has 0 bridgehead atoms. The zero-order valence-corrected chi connectivity index (χ0v) is 11.9. The van der Waals surface area contributed by atoms with Gasteiger partial charge in [0.15, 0.2) is 0 Å². The lowest BCUT2D eigenvalue weighted by molar-refractivity contribution is -0.143. The third-order valence-corrected chi connectivity index (χ3v) is 4.06. The molecule has 21 heavy (non-hydrogen) atoms. The Balaban J connectivity index is 1.99. The summed E-state index contributed by atoms with van der Waals surface area (Å²) in [5, 5.41) is 18.3. The quantitative estimate of drug-likeness (QED) is 0.753. The van der Waals surface area contributed by atoms with Gasteiger partial charge in [-0.2, -0.15) is 0 Å². The van der Waals surface area contributed by atoms with Crippen molar-refractivity contribution >= 4 is 11.9 Å². The van der Waals surface area contributed by atoms with Crippen molar-refractivity contribution in [3.05, 3.63) is 29.8 Å². The summed E-state index contributed by atoms with van der Waals surface area (Å²) in [7, 11) is 0. The number of hydrogen-bond donors (Lipinski definition) is 3. The molecule has 1 aliphatic heterocycles. The van der Waals surface area contributed by atoms with Crippen LogP contribution in [0.2, 0.25) is 0 Å². The van der Waals surface area contributed by atoms with Crippen molar-refractivity contribution in [3.63, 3.8) is 0 Å². The average molecular weight is 292 g/mol. The van der Waals surface area contributed by atoms with E-state index >= 15 is 0 Å². The number of nitrogens with zero attached hydrogens (tertiary/aromatic N) is 1. The second-order valence-corrected chi connectivity index (χ2v) is 5.48. The van der Waals surface area contributed by atoms with E-state index in [1.165, 1.54) is 0 Å². The highest BCUT2D eigenvalue weighted by atomic mass is 16.4. The molecule has 6 heteroatoms. The Hall–Kier alpha value is -2.08. The number of benzene rings is 1. The molecule has 1 aromatic rings. The summed E-state index contributed by atoms with van der Waals surface area (Å²) < 4.78 is 0. The fraction of sp³-hybridized carbons (Fsp3) is 0.467. The highest BCUT2D eigenvalue weighted by Crippen LogP contribution is 2.25. The lowest BCUT2D eigenvalue weighted by atomic mass is 10.0. The molecule has 0 spiro atoms. The molecule has 2 unspecified atom stereocenters. The maximum absolute atomic E-state index is 12.4. The van der Waals surface area contributed by atoms with Gasteiger partial charge in [0.1, 0.15) is 5.75 Å². The predicted octanol–water partition coefficient (Wildman–Crippen LogP) is 0.584. The normalized spacial score (nSPS) is 23.0. The highest BCUT2D eigenvalue weighted by molar-refractivity contribution is 5.84. The molecule has 1 amide bonds. The van der Waals surface area contributed by atoms with Crippen molar-refractivity contribution in [2.24, 2.45) is 11.7 Å². The Kier molecular flexibility index (Phi) is 4.47. The molecule has 0 saturated carbocycles. The minimum atomic E-state index is -0.870. The molecule has 1 aliphatic rings. The molecule has 0 aromatic heterocycles. The molecule has 1 saturated heterocycles. The van der Waals surface area contributed by atoms with Crippen LogP contribution in [0.25, 0.3) is 0 Å². The predicted molar refractivity (Wildman–Crippen MR) is 76.7 cm³/mol. The Morgan fingerprint density at radius 3 is 2.52 bits per heavy atom. The van der Waals surface area contributed by atoms with E-state index in [0.29, 0.717) is 19.4 Å². The first-order valence-corrected chi connectivity index (χ1v) is 6.97. The first-order chi connectivity index (χ1) is 9.90. The lowest BCUT2D eigenvalue weighted by Crippen LogP contribution is -2.47. The topological polar surface area (TPSA) is 104 Å². The number of aromatic hydroxyl groups is 1. The van der Waals surface area contributed by atoms with E-state index in [1.54, 1.807) is 36.1 Å². The van der Waals surface area contributed by atoms with E-state index in [2.05, 4.69) is 0 Å². The number of carboxylic acid groups (broad SMARTS) is 1. The van der Waals surface area contributed by atoms with Crippen molar-refractivity contribution in [1.82, 2.24) is 4.90 Å². The van der Waals surface area contributed by atoms with Gasteiger partial charge < -0.3 is 20.8 Å². The van der Waals surface area contributed by atoms with E-state index in [9.17, 15) is 14.7 Å². The van der Waals surface area contributed by atoms with Gasteiger partial charge in [-0.3, -0.25) is 9.59 Å². The third kappa shape index (κ3) is 3.33. The van der Waals surface area contributed by atoms with Gasteiger partial charge in [0.25, 0.3) is 0 Å². The molecule has 0 radical (unpaired) electrons. The summed E-state index contributed by atoms with van der Waals surface area (Å²) in [4.78, 5) is 25.0. The molecule has 2 rings (SSSR count). The Labute approximate surface area is 123 Å². The number of rotatable bonds is 4. The van der Waals surface area contributed by atoms with Crippen LogP contribution in [0, 0.1) is 5.92 Å². The van der Waals surface area contributed by atoms with Gasteiger partial charge in [-0.25, -0.2) is 0 Å². The third-order valence-electron chi connectivity index (χ3n) is 4.06. The first kappa shape index (κ1) is 15.3. The number of carbonyl (C=O) groups excluding carboxylic acids is 1. The van der Waals surface area contributed by atoms with Gasteiger partial charge in [-0.1, -0.05) is 12.1 Å². The van der Waals surface area contributed by atoms with Gasteiger partial charge in [-0.15, -0.1) is 0 Å². The van der Waals surface area contributed by atoms with Crippen LogP contribution in [-0.2, 0) is 16.0 Å². The van der Waals surface area contributed by atoms with E-state index in [-0.39, 0.29) is 17.7 Å². The number of likely N-dealkylation sites (tertiary alicyclic amines) is 1. The van der Waals surface area contributed by atoms with Crippen LogP contribution in [0.4, 0.5) is 0 Å². The largest absolute Gasteiger partial charge is 0.508 e. The van der Waals surface area contributed by atoms with Crippen LogP contribution in [0.3, 0.4) is 0 Å². The number of phenols is 1. The Bertz CT molecular complexity index is 529. The number of carbonyl (C=O) groups is 2.